The number of amides is 1. The minimum Gasteiger partial charge on any atom is -0.361 e. The van der Waals surface area contributed by atoms with Crippen LogP contribution in [0.2, 0.25) is 0 Å². The zero-order valence-corrected chi connectivity index (χ0v) is 13.9. The van der Waals surface area contributed by atoms with Crippen LogP contribution in [0.1, 0.15) is 12.0 Å². The first kappa shape index (κ1) is 18.8. The number of carbonyl (C=O) groups excluding carboxylic acids is 1. The van der Waals surface area contributed by atoms with Crippen molar-refractivity contribution in [2.24, 2.45) is 5.73 Å². The van der Waals surface area contributed by atoms with E-state index in [-0.39, 0.29) is 43.3 Å². The van der Waals surface area contributed by atoms with Gasteiger partial charge in [-0.2, -0.15) is 0 Å². The van der Waals surface area contributed by atoms with Crippen LogP contribution in [0, 0.1) is 0 Å². The summed E-state index contributed by atoms with van der Waals surface area (Å²) >= 11 is 0. The van der Waals surface area contributed by atoms with Crippen molar-refractivity contribution in [2.45, 2.75) is 19.0 Å². The number of para-hydroxylation sites is 1. The standard InChI is InChI=1S/C15H20N4O.2ClH/c16-7-15(20)18-12-5-6-19(10-12)9-11-8-17-14-4-2-1-3-13(11)14;;/h1-4,8,12,17H,5-7,9-10,16H2,(H,18,20);2*1H/t12-;;/m1../s1. The van der Waals surface area contributed by atoms with Gasteiger partial charge in [0.1, 0.15) is 0 Å². The van der Waals surface area contributed by atoms with Crippen molar-refractivity contribution in [3.8, 4) is 0 Å². The number of nitrogens with two attached hydrogens (primary N) is 1. The van der Waals surface area contributed by atoms with Crippen LogP contribution in [0.15, 0.2) is 30.5 Å². The van der Waals surface area contributed by atoms with E-state index >= 15 is 0 Å². The molecule has 1 aliphatic rings. The molecule has 122 valence electrons. The quantitative estimate of drug-likeness (QED) is 0.789. The van der Waals surface area contributed by atoms with Crippen molar-refractivity contribution >= 4 is 41.6 Å². The fraction of sp³-hybridized carbons (Fsp3) is 0.400. The normalized spacial score (nSPS) is 17.8. The highest BCUT2D eigenvalue weighted by molar-refractivity contribution is 5.85. The van der Waals surface area contributed by atoms with E-state index < -0.39 is 0 Å². The van der Waals surface area contributed by atoms with E-state index in [1.165, 1.54) is 16.5 Å². The van der Waals surface area contributed by atoms with Crippen LogP contribution in [0.5, 0.6) is 0 Å². The molecule has 0 radical (unpaired) electrons. The lowest BCUT2D eigenvalue weighted by Gasteiger charge is -2.16. The number of halogens is 2. The lowest BCUT2D eigenvalue weighted by Crippen LogP contribution is -2.40. The van der Waals surface area contributed by atoms with Crippen LogP contribution in [-0.2, 0) is 11.3 Å². The molecule has 0 unspecified atom stereocenters. The molecule has 2 heterocycles. The molecule has 7 heteroatoms. The first-order valence-corrected chi connectivity index (χ1v) is 7.03. The molecular formula is C15H22Cl2N4O. The Morgan fingerprint density at radius 1 is 1.36 bits per heavy atom. The maximum atomic E-state index is 11.3. The molecule has 1 aromatic heterocycles. The Kier molecular flexibility index (Phi) is 7.16. The van der Waals surface area contributed by atoms with E-state index in [2.05, 4.69) is 39.6 Å². The van der Waals surface area contributed by atoms with Gasteiger partial charge in [0.25, 0.3) is 0 Å². The monoisotopic (exact) mass is 344 g/mol. The predicted octanol–water partition coefficient (Wildman–Crippen LogP) is 1.66. The van der Waals surface area contributed by atoms with Gasteiger partial charge in [0.05, 0.1) is 6.54 Å². The molecule has 2 aromatic rings. The maximum Gasteiger partial charge on any atom is 0.233 e. The molecule has 1 aliphatic heterocycles. The number of rotatable bonds is 4. The predicted molar refractivity (Wildman–Crippen MR) is 93.7 cm³/mol. The summed E-state index contributed by atoms with van der Waals surface area (Å²) in [7, 11) is 0. The highest BCUT2D eigenvalue weighted by Crippen LogP contribution is 2.21. The summed E-state index contributed by atoms with van der Waals surface area (Å²) in [6, 6.07) is 8.57. The van der Waals surface area contributed by atoms with Crippen molar-refractivity contribution < 1.29 is 4.79 Å². The molecule has 4 N–H and O–H groups in total. The van der Waals surface area contributed by atoms with Crippen molar-refractivity contribution in [1.29, 1.82) is 0 Å². The van der Waals surface area contributed by atoms with E-state index in [1.54, 1.807) is 0 Å². The van der Waals surface area contributed by atoms with E-state index in [9.17, 15) is 4.79 Å². The number of carbonyl (C=O) groups is 1. The van der Waals surface area contributed by atoms with E-state index in [0.29, 0.717) is 0 Å². The second-order valence-electron chi connectivity index (χ2n) is 5.35. The largest absolute Gasteiger partial charge is 0.361 e. The lowest BCUT2D eigenvalue weighted by atomic mass is 10.1. The van der Waals surface area contributed by atoms with Gasteiger partial charge in [-0.05, 0) is 18.1 Å². The van der Waals surface area contributed by atoms with Crippen LogP contribution in [0.3, 0.4) is 0 Å². The molecule has 1 amide bonds. The van der Waals surface area contributed by atoms with E-state index in [4.69, 9.17) is 5.73 Å². The van der Waals surface area contributed by atoms with Crippen LogP contribution in [0.25, 0.3) is 10.9 Å². The van der Waals surface area contributed by atoms with Crippen LogP contribution >= 0.6 is 24.8 Å². The van der Waals surface area contributed by atoms with Crippen molar-refractivity contribution in [3.63, 3.8) is 0 Å². The highest BCUT2D eigenvalue weighted by Gasteiger charge is 2.23. The average Bonchev–Trinajstić information content (AvgIpc) is 3.07. The highest BCUT2D eigenvalue weighted by atomic mass is 35.5. The summed E-state index contributed by atoms with van der Waals surface area (Å²) in [5.41, 5.74) is 7.81. The fourth-order valence-electron chi connectivity index (χ4n) is 2.88. The van der Waals surface area contributed by atoms with Crippen LogP contribution in [-0.4, -0.2) is 41.5 Å². The molecule has 0 spiro atoms. The second kappa shape index (κ2) is 8.39. The Morgan fingerprint density at radius 3 is 2.91 bits per heavy atom. The summed E-state index contributed by atoms with van der Waals surface area (Å²) in [5.74, 6) is -0.0658. The van der Waals surface area contributed by atoms with Crippen LogP contribution < -0.4 is 11.1 Å². The number of nitrogens with one attached hydrogen (secondary N) is 2. The molecule has 1 fully saturated rings. The Bertz CT molecular complexity index is 616. The summed E-state index contributed by atoms with van der Waals surface area (Å²) in [5, 5.41) is 4.24. The smallest absolute Gasteiger partial charge is 0.233 e. The number of aromatic nitrogens is 1. The zero-order valence-electron chi connectivity index (χ0n) is 12.2. The van der Waals surface area contributed by atoms with Gasteiger partial charge in [0.15, 0.2) is 0 Å². The maximum absolute atomic E-state index is 11.3. The molecule has 5 nitrogen and oxygen atoms in total. The van der Waals surface area contributed by atoms with Crippen molar-refractivity contribution in [3.05, 3.63) is 36.0 Å². The number of hydrogen-bond acceptors (Lipinski definition) is 3. The molecule has 0 aliphatic carbocycles. The third kappa shape index (κ3) is 4.14. The Balaban J connectivity index is 0.00000121. The lowest BCUT2D eigenvalue weighted by molar-refractivity contribution is -0.120. The number of hydrogen-bond donors (Lipinski definition) is 3. The van der Waals surface area contributed by atoms with Gasteiger partial charge in [0, 0.05) is 42.8 Å². The van der Waals surface area contributed by atoms with E-state index in [1.807, 2.05) is 6.07 Å². The van der Waals surface area contributed by atoms with Gasteiger partial charge in [-0.15, -0.1) is 24.8 Å². The zero-order chi connectivity index (χ0) is 13.9. The molecule has 0 saturated carbocycles. The van der Waals surface area contributed by atoms with Crippen LogP contribution in [0.4, 0.5) is 0 Å². The number of H-pyrrole nitrogens is 1. The molecular weight excluding hydrogens is 323 g/mol. The molecule has 0 bridgehead atoms. The third-order valence-electron chi connectivity index (χ3n) is 3.89. The fourth-order valence-corrected chi connectivity index (χ4v) is 2.88. The number of likely N-dealkylation sites (tertiary alicyclic amines) is 1. The van der Waals surface area contributed by atoms with Gasteiger partial charge in [-0.3, -0.25) is 9.69 Å². The SMILES string of the molecule is Cl.Cl.NCC(=O)N[C@@H]1CCN(Cc2c[nH]c3ccccc23)C1. The summed E-state index contributed by atoms with van der Waals surface area (Å²) in [4.78, 5) is 17.0. The third-order valence-corrected chi connectivity index (χ3v) is 3.89. The van der Waals surface area contributed by atoms with Gasteiger partial charge in [0.2, 0.25) is 5.91 Å². The number of benzene rings is 1. The molecule has 3 rings (SSSR count). The number of nitrogens with zero attached hydrogens (tertiary/aromatic N) is 1. The minimum absolute atomic E-state index is 0. The summed E-state index contributed by atoms with van der Waals surface area (Å²) < 4.78 is 0. The summed E-state index contributed by atoms with van der Waals surface area (Å²) in [6.07, 6.45) is 3.07. The summed E-state index contributed by atoms with van der Waals surface area (Å²) in [6.45, 7) is 2.89. The first-order valence-electron chi connectivity index (χ1n) is 7.03. The molecule has 1 saturated heterocycles. The minimum atomic E-state index is -0.0658. The molecule has 1 atom stereocenters. The van der Waals surface area contributed by atoms with Gasteiger partial charge < -0.3 is 16.0 Å². The van der Waals surface area contributed by atoms with Gasteiger partial charge >= 0.3 is 0 Å². The molecule has 22 heavy (non-hydrogen) atoms. The van der Waals surface area contributed by atoms with Gasteiger partial charge in [-0.25, -0.2) is 0 Å². The second-order valence-corrected chi connectivity index (χ2v) is 5.35. The molecule has 1 aromatic carbocycles. The van der Waals surface area contributed by atoms with E-state index in [0.717, 1.165) is 26.1 Å². The Morgan fingerprint density at radius 2 is 2.14 bits per heavy atom. The topological polar surface area (TPSA) is 74.2 Å². The Hall–Kier alpha value is -1.27. The average molecular weight is 345 g/mol. The van der Waals surface area contributed by atoms with Crippen molar-refractivity contribution in [1.82, 2.24) is 15.2 Å². The first-order chi connectivity index (χ1) is 9.76. The Labute approximate surface area is 142 Å². The number of aromatic amines is 1. The van der Waals surface area contributed by atoms with Gasteiger partial charge in [-0.1, -0.05) is 18.2 Å². The number of fused-ring (bicyclic) bond motifs is 1. The van der Waals surface area contributed by atoms with Crippen molar-refractivity contribution in [2.75, 3.05) is 19.6 Å².